The molecule has 27 heavy (non-hydrogen) atoms. The molecule has 1 aliphatic heterocycles. The van der Waals surface area contributed by atoms with E-state index in [0.717, 1.165) is 5.82 Å². The van der Waals surface area contributed by atoms with Gasteiger partial charge in [0.2, 0.25) is 5.82 Å². The van der Waals surface area contributed by atoms with Gasteiger partial charge in [0.05, 0.1) is 24.0 Å². The number of hydrogen-bond acceptors (Lipinski definition) is 4. The topological polar surface area (TPSA) is 48.0 Å². The molecule has 146 valence electrons. The van der Waals surface area contributed by atoms with Crippen LogP contribution in [0.4, 0.5) is 0 Å². The Morgan fingerprint density at radius 3 is 2.67 bits per heavy atom. The highest BCUT2D eigenvalue weighted by Crippen LogP contribution is 2.41. The van der Waals surface area contributed by atoms with Crippen molar-refractivity contribution >= 4 is 11.3 Å². The molecule has 0 aromatic carbocycles. The summed E-state index contributed by atoms with van der Waals surface area (Å²) >= 11 is 1.88. The number of hydrogen-bond donors (Lipinski definition) is 1. The van der Waals surface area contributed by atoms with Gasteiger partial charge in [-0.3, -0.25) is 0 Å². The van der Waals surface area contributed by atoms with Crippen LogP contribution in [0.2, 0.25) is 0 Å². The summed E-state index contributed by atoms with van der Waals surface area (Å²) in [4.78, 5) is 3.14. The second kappa shape index (κ2) is 7.63. The van der Waals surface area contributed by atoms with Crippen LogP contribution in [0, 0.1) is 5.41 Å². The van der Waals surface area contributed by atoms with E-state index >= 15 is 0 Å². The fourth-order valence-corrected chi connectivity index (χ4v) is 6.97. The lowest BCUT2D eigenvalue weighted by atomic mass is 9.69. The first kappa shape index (κ1) is 17.8. The summed E-state index contributed by atoms with van der Waals surface area (Å²) < 4.78 is 2.20. The third kappa shape index (κ3) is 3.46. The van der Waals surface area contributed by atoms with Crippen molar-refractivity contribution in [2.75, 3.05) is 13.1 Å². The van der Waals surface area contributed by atoms with Crippen molar-refractivity contribution < 1.29 is 4.90 Å². The Morgan fingerprint density at radius 1 is 1.07 bits per heavy atom. The van der Waals surface area contributed by atoms with Crippen LogP contribution in [0.15, 0.2) is 17.5 Å². The van der Waals surface area contributed by atoms with E-state index in [2.05, 4.69) is 37.7 Å². The summed E-state index contributed by atoms with van der Waals surface area (Å²) in [7, 11) is 0. The number of tetrazole rings is 1. The summed E-state index contributed by atoms with van der Waals surface area (Å²) in [5.74, 6) is 1.12. The van der Waals surface area contributed by atoms with E-state index in [1.165, 1.54) is 88.6 Å². The van der Waals surface area contributed by atoms with Crippen molar-refractivity contribution in [1.29, 1.82) is 0 Å². The summed E-state index contributed by atoms with van der Waals surface area (Å²) in [5.41, 5.74) is 0.576. The van der Waals surface area contributed by atoms with Crippen molar-refractivity contribution in [3.8, 4) is 0 Å². The Kier molecular flexibility index (Phi) is 5.03. The lowest BCUT2D eigenvalue weighted by molar-refractivity contribution is -0.938. The SMILES string of the molecule is c1csc([C@@H](c2nnnn2C2CCCC2)[NH+]2CCCC3(CCCCC3)C2)c1. The van der Waals surface area contributed by atoms with E-state index in [-0.39, 0.29) is 0 Å². The Balaban J connectivity index is 1.48. The summed E-state index contributed by atoms with van der Waals surface area (Å²) in [6.45, 7) is 2.55. The van der Waals surface area contributed by atoms with Gasteiger partial charge in [0, 0.05) is 5.41 Å². The van der Waals surface area contributed by atoms with Crippen LogP contribution in [0.1, 0.15) is 93.4 Å². The molecular weight excluding hydrogens is 354 g/mol. The molecule has 3 aliphatic rings. The van der Waals surface area contributed by atoms with Crippen molar-refractivity contribution in [3.63, 3.8) is 0 Å². The van der Waals surface area contributed by atoms with Gasteiger partial charge in [-0.05, 0) is 60.4 Å². The zero-order valence-corrected chi connectivity index (χ0v) is 17.1. The van der Waals surface area contributed by atoms with E-state index in [4.69, 9.17) is 0 Å². The predicted octanol–water partition coefficient (Wildman–Crippen LogP) is 3.57. The number of aromatic nitrogens is 4. The maximum atomic E-state index is 4.61. The van der Waals surface area contributed by atoms with Crippen LogP contribution in [0.3, 0.4) is 0 Å². The Hall–Kier alpha value is -1.27. The standard InChI is InChI=1S/C21H31N5S/c1-4-11-21(12-5-1)13-7-14-25(16-21)19(18-10-6-15-27-18)20-22-23-24-26(20)17-8-2-3-9-17/h6,10,15,17,19H,1-5,7-9,11-14,16H2/p+1/t19-/m0/s1. The summed E-state index contributed by atoms with van der Waals surface area (Å²) in [5, 5.41) is 15.5. The second-order valence-corrected chi connectivity index (χ2v) is 10.1. The van der Waals surface area contributed by atoms with Crippen LogP contribution in [-0.2, 0) is 0 Å². The number of nitrogens with one attached hydrogen (secondary N) is 1. The Labute approximate surface area is 166 Å². The molecule has 2 saturated carbocycles. The van der Waals surface area contributed by atoms with Gasteiger partial charge in [0.1, 0.15) is 0 Å². The lowest BCUT2D eigenvalue weighted by Gasteiger charge is -2.44. The largest absolute Gasteiger partial charge is 0.321 e. The number of quaternary nitrogens is 1. The molecule has 2 aromatic rings. The van der Waals surface area contributed by atoms with Crippen molar-refractivity contribution in [2.45, 2.75) is 82.7 Å². The first-order valence-electron chi connectivity index (χ1n) is 11.0. The highest BCUT2D eigenvalue weighted by molar-refractivity contribution is 7.10. The molecule has 1 N–H and O–H groups in total. The number of likely N-dealkylation sites (tertiary alicyclic amines) is 1. The molecular formula is C21H32N5S+. The van der Waals surface area contributed by atoms with Gasteiger partial charge in [0.15, 0.2) is 6.04 Å². The minimum Gasteiger partial charge on any atom is -0.321 e. The quantitative estimate of drug-likeness (QED) is 0.874. The van der Waals surface area contributed by atoms with Gasteiger partial charge in [-0.25, -0.2) is 4.68 Å². The van der Waals surface area contributed by atoms with Crippen molar-refractivity contribution in [1.82, 2.24) is 20.2 Å². The molecule has 1 saturated heterocycles. The number of rotatable bonds is 4. The molecule has 3 heterocycles. The number of nitrogens with zero attached hydrogens (tertiary/aromatic N) is 4. The number of piperidine rings is 1. The minimum atomic E-state index is 0.305. The highest BCUT2D eigenvalue weighted by Gasteiger charge is 2.44. The van der Waals surface area contributed by atoms with Gasteiger partial charge in [0.25, 0.3) is 0 Å². The van der Waals surface area contributed by atoms with E-state index in [1.54, 1.807) is 4.90 Å². The molecule has 0 bridgehead atoms. The number of thiophene rings is 1. The van der Waals surface area contributed by atoms with E-state index < -0.39 is 0 Å². The average molecular weight is 387 g/mol. The molecule has 1 unspecified atom stereocenters. The van der Waals surface area contributed by atoms with Gasteiger partial charge in [-0.1, -0.05) is 38.2 Å². The van der Waals surface area contributed by atoms with Gasteiger partial charge >= 0.3 is 0 Å². The molecule has 2 aromatic heterocycles. The predicted molar refractivity (Wildman–Crippen MR) is 107 cm³/mol. The van der Waals surface area contributed by atoms with Crippen LogP contribution < -0.4 is 4.90 Å². The fourth-order valence-electron chi connectivity index (χ4n) is 6.09. The Bertz CT molecular complexity index is 722. The summed E-state index contributed by atoms with van der Waals surface area (Å²) in [6.07, 6.45) is 15.0. The minimum absolute atomic E-state index is 0.305. The molecule has 0 radical (unpaired) electrons. The van der Waals surface area contributed by atoms with Crippen LogP contribution in [0.5, 0.6) is 0 Å². The summed E-state index contributed by atoms with van der Waals surface area (Å²) in [6, 6.07) is 5.30. The maximum Gasteiger partial charge on any atom is 0.215 e. The average Bonchev–Trinajstić information content (AvgIpc) is 3.46. The highest BCUT2D eigenvalue weighted by atomic mass is 32.1. The maximum absolute atomic E-state index is 4.61. The molecule has 1 spiro atoms. The van der Waals surface area contributed by atoms with Gasteiger partial charge < -0.3 is 4.90 Å². The molecule has 5 rings (SSSR count). The third-order valence-electron chi connectivity index (χ3n) is 7.40. The normalized spacial score (nSPS) is 27.2. The van der Waals surface area contributed by atoms with Gasteiger partial charge in [-0.2, -0.15) is 0 Å². The third-order valence-corrected chi connectivity index (χ3v) is 8.34. The van der Waals surface area contributed by atoms with Crippen molar-refractivity contribution in [3.05, 3.63) is 28.2 Å². The molecule has 2 atom stereocenters. The van der Waals surface area contributed by atoms with Crippen LogP contribution in [-0.4, -0.2) is 33.3 Å². The monoisotopic (exact) mass is 386 g/mol. The smallest absolute Gasteiger partial charge is 0.215 e. The lowest BCUT2D eigenvalue weighted by Crippen LogP contribution is -3.14. The van der Waals surface area contributed by atoms with Crippen LogP contribution >= 0.6 is 11.3 Å². The first-order valence-corrected chi connectivity index (χ1v) is 11.9. The van der Waals surface area contributed by atoms with E-state index in [9.17, 15) is 0 Å². The molecule has 0 amide bonds. The fraction of sp³-hybridized carbons (Fsp3) is 0.762. The molecule has 3 fully saturated rings. The molecule has 6 heteroatoms. The first-order chi connectivity index (χ1) is 13.3. The van der Waals surface area contributed by atoms with Crippen LogP contribution in [0.25, 0.3) is 0 Å². The van der Waals surface area contributed by atoms with E-state index in [1.807, 2.05) is 11.3 Å². The van der Waals surface area contributed by atoms with E-state index in [0.29, 0.717) is 17.5 Å². The van der Waals surface area contributed by atoms with Crippen molar-refractivity contribution in [2.24, 2.45) is 5.41 Å². The Morgan fingerprint density at radius 2 is 1.89 bits per heavy atom. The molecule has 5 nitrogen and oxygen atoms in total. The second-order valence-electron chi connectivity index (χ2n) is 9.12. The van der Waals surface area contributed by atoms with Gasteiger partial charge in [-0.15, -0.1) is 16.4 Å². The zero-order chi connectivity index (χ0) is 18.1. The zero-order valence-electron chi connectivity index (χ0n) is 16.3. The molecule has 2 aliphatic carbocycles.